The van der Waals surface area contributed by atoms with Crippen LogP contribution < -0.4 is 11.1 Å². The Morgan fingerprint density at radius 3 is 2.48 bits per heavy atom. The van der Waals surface area contributed by atoms with Gasteiger partial charge in [0.05, 0.1) is 6.04 Å². The third-order valence-corrected chi connectivity index (χ3v) is 3.08. The van der Waals surface area contributed by atoms with Crippen molar-refractivity contribution in [1.82, 2.24) is 5.32 Å². The van der Waals surface area contributed by atoms with Gasteiger partial charge in [0.15, 0.2) is 6.10 Å². The van der Waals surface area contributed by atoms with Crippen LogP contribution in [0, 0.1) is 0 Å². The maximum absolute atomic E-state index is 12.9. The minimum Gasteiger partial charge on any atom is -0.445 e. The van der Waals surface area contributed by atoms with Gasteiger partial charge in [0.2, 0.25) is 11.8 Å². The molecule has 0 saturated heterocycles. The van der Waals surface area contributed by atoms with Crippen molar-refractivity contribution >= 4 is 12.0 Å². The molecule has 0 aromatic heterocycles. The average Bonchev–Trinajstić information content (AvgIpc) is 2.48. The van der Waals surface area contributed by atoms with Gasteiger partial charge in [0.25, 0.3) is 0 Å². The lowest BCUT2D eigenvalue weighted by Crippen LogP contribution is -2.49. The van der Waals surface area contributed by atoms with Crippen molar-refractivity contribution in [2.24, 2.45) is 5.73 Å². The molecule has 6 nitrogen and oxygen atoms in total. The molecule has 0 spiro atoms. The van der Waals surface area contributed by atoms with Crippen molar-refractivity contribution in [3.05, 3.63) is 35.9 Å². The summed E-state index contributed by atoms with van der Waals surface area (Å²) in [6, 6.07) is 7.55. The standard InChI is InChI=1S/C15H20F2N2O4/c1-15(16,17)8-7-11(12(20)13(18)21)19-14(22)23-9-10-5-3-2-4-6-10/h2-6,11-12,20H,7-9H2,1H3,(H2,18,21)(H,19,22)/t11-,12?/m0/s1. The second kappa shape index (κ2) is 8.42. The van der Waals surface area contributed by atoms with Crippen molar-refractivity contribution in [2.75, 3.05) is 0 Å². The Morgan fingerprint density at radius 1 is 1.35 bits per heavy atom. The Hall–Kier alpha value is -2.22. The van der Waals surface area contributed by atoms with Crippen LogP contribution in [0.4, 0.5) is 13.6 Å². The van der Waals surface area contributed by atoms with E-state index in [1.807, 2.05) is 0 Å². The Bertz CT molecular complexity index is 520. The van der Waals surface area contributed by atoms with Crippen LogP contribution in [0.25, 0.3) is 0 Å². The van der Waals surface area contributed by atoms with Crippen molar-refractivity contribution in [2.45, 2.75) is 44.4 Å². The van der Waals surface area contributed by atoms with Crippen LogP contribution in [0.3, 0.4) is 0 Å². The van der Waals surface area contributed by atoms with E-state index in [4.69, 9.17) is 10.5 Å². The quantitative estimate of drug-likeness (QED) is 0.673. The molecule has 0 aliphatic rings. The number of nitrogens with one attached hydrogen (secondary N) is 1. The molecule has 4 N–H and O–H groups in total. The Morgan fingerprint density at radius 2 is 1.96 bits per heavy atom. The first-order chi connectivity index (χ1) is 10.7. The smallest absolute Gasteiger partial charge is 0.407 e. The molecular weight excluding hydrogens is 310 g/mol. The lowest BCUT2D eigenvalue weighted by molar-refractivity contribution is -0.127. The van der Waals surface area contributed by atoms with Gasteiger partial charge >= 0.3 is 6.09 Å². The summed E-state index contributed by atoms with van der Waals surface area (Å²) in [6.45, 7) is 0.671. The van der Waals surface area contributed by atoms with E-state index in [-0.39, 0.29) is 13.0 Å². The van der Waals surface area contributed by atoms with Crippen molar-refractivity contribution < 1.29 is 28.2 Å². The molecule has 0 heterocycles. The fourth-order valence-electron chi connectivity index (χ4n) is 1.83. The number of alkyl halides is 2. The van der Waals surface area contributed by atoms with Crippen LogP contribution in [-0.2, 0) is 16.1 Å². The highest BCUT2D eigenvalue weighted by molar-refractivity contribution is 5.80. The van der Waals surface area contributed by atoms with E-state index in [1.165, 1.54) is 0 Å². The zero-order chi connectivity index (χ0) is 17.5. The number of primary amides is 1. The molecule has 0 radical (unpaired) electrons. The zero-order valence-electron chi connectivity index (χ0n) is 12.7. The highest BCUT2D eigenvalue weighted by Gasteiger charge is 2.30. The molecule has 0 bridgehead atoms. The first-order valence-electron chi connectivity index (χ1n) is 7.01. The predicted molar refractivity (Wildman–Crippen MR) is 78.6 cm³/mol. The van der Waals surface area contributed by atoms with Crippen LogP contribution >= 0.6 is 0 Å². The van der Waals surface area contributed by atoms with Gasteiger partial charge in [0.1, 0.15) is 6.61 Å². The first-order valence-corrected chi connectivity index (χ1v) is 7.01. The SMILES string of the molecule is CC(F)(F)CC[C@H](NC(=O)OCc1ccccc1)C(O)C(N)=O. The number of alkyl carbamates (subject to hydrolysis) is 1. The molecule has 1 aromatic carbocycles. The molecule has 1 rings (SSSR count). The van der Waals surface area contributed by atoms with E-state index in [2.05, 4.69) is 5.32 Å². The largest absolute Gasteiger partial charge is 0.445 e. The number of benzene rings is 1. The summed E-state index contributed by atoms with van der Waals surface area (Å²) in [5.41, 5.74) is 5.68. The van der Waals surface area contributed by atoms with Crippen LogP contribution in [-0.4, -0.2) is 35.2 Å². The lowest BCUT2D eigenvalue weighted by Gasteiger charge is -2.23. The summed E-state index contributed by atoms with van der Waals surface area (Å²) in [4.78, 5) is 22.7. The Labute approximate surface area is 132 Å². The summed E-state index contributed by atoms with van der Waals surface area (Å²) in [6.07, 6.45) is -3.66. The number of hydrogen-bond acceptors (Lipinski definition) is 4. The van der Waals surface area contributed by atoms with Crippen molar-refractivity contribution in [3.63, 3.8) is 0 Å². The monoisotopic (exact) mass is 330 g/mol. The van der Waals surface area contributed by atoms with Gasteiger partial charge in [-0.2, -0.15) is 0 Å². The van der Waals surface area contributed by atoms with E-state index in [9.17, 15) is 23.5 Å². The minimum absolute atomic E-state index is 0.0317. The van der Waals surface area contributed by atoms with Crippen LogP contribution in [0.5, 0.6) is 0 Å². The maximum Gasteiger partial charge on any atom is 0.407 e. The number of halogens is 2. The van der Waals surface area contributed by atoms with E-state index < -0.39 is 36.5 Å². The summed E-state index contributed by atoms with van der Waals surface area (Å²) in [5, 5.41) is 11.8. The molecule has 1 aromatic rings. The number of nitrogens with two attached hydrogens (primary N) is 1. The molecule has 128 valence electrons. The number of hydrogen-bond donors (Lipinski definition) is 3. The van der Waals surface area contributed by atoms with Crippen molar-refractivity contribution in [3.8, 4) is 0 Å². The number of ether oxygens (including phenoxy) is 1. The number of carbonyl (C=O) groups is 2. The average molecular weight is 330 g/mol. The third kappa shape index (κ3) is 7.55. The molecule has 0 aliphatic carbocycles. The van der Waals surface area contributed by atoms with E-state index in [0.717, 1.165) is 5.56 Å². The number of carbonyl (C=O) groups excluding carboxylic acids is 2. The van der Waals surface area contributed by atoms with E-state index in [0.29, 0.717) is 6.92 Å². The van der Waals surface area contributed by atoms with Gasteiger partial charge in [-0.25, -0.2) is 13.6 Å². The minimum atomic E-state index is -2.99. The Kier molecular flexibility index (Phi) is 6.89. The van der Waals surface area contributed by atoms with Gasteiger partial charge < -0.3 is 20.9 Å². The van der Waals surface area contributed by atoms with Gasteiger partial charge in [-0.15, -0.1) is 0 Å². The number of amides is 2. The van der Waals surface area contributed by atoms with Gasteiger partial charge in [-0.05, 0) is 18.9 Å². The van der Waals surface area contributed by atoms with Crippen LogP contribution in [0.1, 0.15) is 25.3 Å². The van der Waals surface area contributed by atoms with Crippen LogP contribution in [0.2, 0.25) is 0 Å². The molecular formula is C15H20F2N2O4. The zero-order valence-corrected chi connectivity index (χ0v) is 12.7. The molecule has 0 aliphatic heterocycles. The number of rotatable bonds is 8. The summed E-state index contributed by atoms with van der Waals surface area (Å²) in [7, 11) is 0. The van der Waals surface area contributed by atoms with E-state index in [1.54, 1.807) is 30.3 Å². The molecule has 2 atom stereocenters. The first kappa shape index (κ1) is 18.8. The second-order valence-electron chi connectivity index (χ2n) is 5.27. The molecule has 2 amide bonds. The number of aliphatic hydroxyl groups excluding tert-OH is 1. The van der Waals surface area contributed by atoms with Crippen molar-refractivity contribution in [1.29, 1.82) is 0 Å². The highest BCUT2D eigenvalue weighted by Crippen LogP contribution is 2.20. The summed E-state index contributed by atoms with van der Waals surface area (Å²) >= 11 is 0. The second-order valence-corrected chi connectivity index (χ2v) is 5.27. The molecule has 0 saturated carbocycles. The lowest BCUT2D eigenvalue weighted by atomic mass is 10.0. The van der Waals surface area contributed by atoms with E-state index >= 15 is 0 Å². The van der Waals surface area contributed by atoms with Gasteiger partial charge in [-0.1, -0.05) is 30.3 Å². The summed E-state index contributed by atoms with van der Waals surface area (Å²) in [5.74, 6) is -4.11. The van der Waals surface area contributed by atoms with Crippen LogP contribution in [0.15, 0.2) is 30.3 Å². The molecule has 23 heavy (non-hydrogen) atoms. The maximum atomic E-state index is 12.9. The third-order valence-electron chi connectivity index (χ3n) is 3.08. The molecule has 1 unspecified atom stereocenters. The molecule has 8 heteroatoms. The molecule has 0 fully saturated rings. The topological polar surface area (TPSA) is 102 Å². The van der Waals surface area contributed by atoms with Gasteiger partial charge in [0, 0.05) is 6.42 Å². The van der Waals surface area contributed by atoms with Gasteiger partial charge in [-0.3, -0.25) is 4.79 Å². The summed E-state index contributed by atoms with van der Waals surface area (Å²) < 4.78 is 30.7. The predicted octanol–water partition coefficient (Wildman–Crippen LogP) is 1.56. The highest BCUT2D eigenvalue weighted by atomic mass is 19.3. The Balaban J connectivity index is 2.57. The number of aliphatic hydroxyl groups is 1. The normalized spacial score (nSPS) is 13.9. The fraction of sp³-hybridized carbons (Fsp3) is 0.467. The fourth-order valence-corrected chi connectivity index (χ4v) is 1.83.